The van der Waals surface area contributed by atoms with Crippen LogP contribution in [0, 0.1) is 0 Å². The van der Waals surface area contributed by atoms with Crippen molar-refractivity contribution in [3.63, 3.8) is 0 Å². The molecular formula is C12H12N2O2S3. The Hall–Kier alpha value is -0.920. The van der Waals surface area contributed by atoms with E-state index >= 15 is 0 Å². The third-order valence-corrected chi connectivity index (χ3v) is 5.93. The largest absolute Gasteiger partial charge is 0.468 e. The van der Waals surface area contributed by atoms with Crippen molar-refractivity contribution in [1.29, 1.82) is 0 Å². The van der Waals surface area contributed by atoms with Gasteiger partial charge in [0.15, 0.2) is 4.34 Å². The van der Waals surface area contributed by atoms with Gasteiger partial charge in [0.1, 0.15) is 10.3 Å². The standard InChI is InChI=1S/C12H12N2O2S3/c1-16-11(15)9(8-4-5-17-6-8)18-12-14-13-10(19-12)7-2-3-7/h4-7,9H,2-3H2,1H3/t9-/m0/s1. The second-order valence-electron chi connectivity index (χ2n) is 4.26. The van der Waals surface area contributed by atoms with E-state index in [4.69, 9.17) is 4.74 Å². The Kier molecular flexibility index (Phi) is 3.86. The van der Waals surface area contributed by atoms with Gasteiger partial charge in [0.25, 0.3) is 0 Å². The molecule has 0 N–H and O–H groups in total. The summed E-state index contributed by atoms with van der Waals surface area (Å²) in [6.07, 6.45) is 2.43. The highest BCUT2D eigenvalue weighted by Crippen LogP contribution is 2.45. The minimum Gasteiger partial charge on any atom is -0.468 e. The summed E-state index contributed by atoms with van der Waals surface area (Å²) in [6, 6.07) is 1.95. The normalized spacial score (nSPS) is 16.3. The number of thiophene rings is 1. The molecule has 1 atom stereocenters. The predicted octanol–water partition coefficient (Wildman–Crippen LogP) is 3.48. The molecule has 19 heavy (non-hydrogen) atoms. The van der Waals surface area contributed by atoms with Gasteiger partial charge in [-0.15, -0.1) is 10.2 Å². The van der Waals surface area contributed by atoms with E-state index in [-0.39, 0.29) is 11.2 Å². The molecule has 1 aliphatic carbocycles. The maximum Gasteiger partial charge on any atom is 0.323 e. The van der Waals surface area contributed by atoms with Crippen LogP contribution in [0.1, 0.15) is 34.6 Å². The van der Waals surface area contributed by atoms with E-state index in [1.54, 1.807) is 22.7 Å². The number of thioether (sulfide) groups is 1. The van der Waals surface area contributed by atoms with Crippen LogP contribution in [0.15, 0.2) is 21.2 Å². The van der Waals surface area contributed by atoms with E-state index in [0.717, 1.165) is 14.9 Å². The summed E-state index contributed by atoms with van der Waals surface area (Å²) >= 11 is 4.59. The van der Waals surface area contributed by atoms with Gasteiger partial charge in [0, 0.05) is 5.92 Å². The molecule has 0 saturated heterocycles. The highest BCUT2D eigenvalue weighted by Gasteiger charge is 2.29. The van der Waals surface area contributed by atoms with Gasteiger partial charge in [-0.2, -0.15) is 11.3 Å². The van der Waals surface area contributed by atoms with Gasteiger partial charge < -0.3 is 4.74 Å². The topological polar surface area (TPSA) is 52.1 Å². The van der Waals surface area contributed by atoms with Crippen molar-refractivity contribution in [3.05, 3.63) is 27.4 Å². The molecule has 1 saturated carbocycles. The Morgan fingerprint density at radius 3 is 3.00 bits per heavy atom. The molecule has 100 valence electrons. The lowest BCUT2D eigenvalue weighted by Crippen LogP contribution is -2.10. The van der Waals surface area contributed by atoms with Crippen molar-refractivity contribution >= 4 is 40.4 Å². The molecule has 1 aliphatic rings. The van der Waals surface area contributed by atoms with Gasteiger partial charge in [0.05, 0.1) is 7.11 Å². The van der Waals surface area contributed by atoms with Gasteiger partial charge in [-0.1, -0.05) is 23.1 Å². The van der Waals surface area contributed by atoms with Crippen LogP contribution in [-0.4, -0.2) is 23.3 Å². The Morgan fingerprint density at radius 2 is 2.37 bits per heavy atom. The van der Waals surface area contributed by atoms with Crippen LogP contribution in [-0.2, 0) is 9.53 Å². The van der Waals surface area contributed by atoms with Crippen molar-refractivity contribution in [2.45, 2.75) is 28.3 Å². The van der Waals surface area contributed by atoms with Gasteiger partial charge in [-0.3, -0.25) is 4.79 Å². The maximum atomic E-state index is 11.9. The number of hydrogen-bond donors (Lipinski definition) is 0. The van der Waals surface area contributed by atoms with E-state index in [9.17, 15) is 4.79 Å². The van der Waals surface area contributed by atoms with Crippen molar-refractivity contribution in [2.75, 3.05) is 7.11 Å². The number of nitrogens with zero attached hydrogens (tertiary/aromatic N) is 2. The van der Waals surface area contributed by atoms with E-state index in [1.165, 1.54) is 31.7 Å². The average Bonchev–Trinajstić information content (AvgIpc) is 2.94. The zero-order chi connectivity index (χ0) is 13.2. The van der Waals surface area contributed by atoms with Gasteiger partial charge in [-0.05, 0) is 35.2 Å². The monoisotopic (exact) mass is 312 g/mol. The molecule has 0 aliphatic heterocycles. The molecule has 0 aromatic carbocycles. The van der Waals surface area contributed by atoms with Crippen molar-refractivity contribution in [2.24, 2.45) is 0 Å². The van der Waals surface area contributed by atoms with Crippen molar-refractivity contribution in [1.82, 2.24) is 10.2 Å². The first kappa shape index (κ1) is 13.1. The molecule has 0 radical (unpaired) electrons. The first-order valence-electron chi connectivity index (χ1n) is 5.88. The van der Waals surface area contributed by atoms with Crippen LogP contribution in [0.4, 0.5) is 0 Å². The van der Waals surface area contributed by atoms with E-state index in [1.807, 2.05) is 16.8 Å². The number of carbonyl (C=O) groups is 1. The molecule has 2 aromatic rings. The third kappa shape index (κ3) is 2.98. The average molecular weight is 312 g/mol. The fourth-order valence-electron chi connectivity index (χ4n) is 1.65. The van der Waals surface area contributed by atoms with Gasteiger partial charge in [0.2, 0.25) is 0 Å². The van der Waals surface area contributed by atoms with Crippen LogP contribution < -0.4 is 0 Å². The summed E-state index contributed by atoms with van der Waals surface area (Å²) in [5, 5.41) is 13.0. The summed E-state index contributed by atoms with van der Waals surface area (Å²) in [5.74, 6) is 0.358. The molecule has 0 bridgehead atoms. The quantitative estimate of drug-likeness (QED) is 0.625. The Labute approximate surface area is 123 Å². The highest BCUT2D eigenvalue weighted by atomic mass is 32.2. The molecule has 3 rings (SSSR count). The summed E-state index contributed by atoms with van der Waals surface area (Å²) in [5.41, 5.74) is 0.963. The second-order valence-corrected chi connectivity index (χ2v) is 7.40. The highest BCUT2D eigenvalue weighted by molar-refractivity contribution is 8.01. The van der Waals surface area contributed by atoms with Crippen LogP contribution in [0.2, 0.25) is 0 Å². The van der Waals surface area contributed by atoms with Crippen LogP contribution in [0.5, 0.6) is 0 Å². The lowest BCUT2D eigenvalue weighted by molar-refractivity contribution is -0.140. The molecule has 4 nitrogen and oxygen atoms in total. The minimum absolute atomic E-state index is 0.244. The second kappa shape index (κ2) is 5.60. The van der Waals surface area contributed by atoms with Gasteiger partial charge >= 0.3 is 5.97 Å². The zero-order valence-corrected chi connectivity index (χ0v) is 12.7. The first-order valence-corrected chi connectivity index (χ1v) is 8.52. The summed E-state index contributed by atoms with van der Waals surface area (Å²) in [4.78, 5) is 11.9. The van der Waals surface area contributed by atoms with Crippen LogP contribution >= 0.6 is 34.4 Å². The fourth-order valence-corrected chi connectivity index (χ4v) is 4.67. The summed E-state index contributed by atoms with van der Waals surface area (Å²) in [6.45, 7) is 0. The smallest absolute Gasteiger partial charge is 0.323 e. The Bertz CT molecular complexity index is 563. The van der Waals surface area contributed by atoms with Crippen LogP contribution in [0.25, 0.3) is 0 Å². The minimum atomic E-state index is -0.351. The molecule has 0 amide bonds. The van der Waals surface area contributed by atoms with E-state index in [0.29, 0.717) is 5.92 Å². The molecule has 1 fully saturated rings. The number of rotatable bonds is 5. The fraction of sp³-hybridized carbons (Fsp3) is 0.417. The number of methoxy groups -OCH3 is 1. The summed E-state index contributed by atoms with van der Waals surface area (Å²) < 4.78 is 5.71. The maximum absolute atomic E-state index is 11.9. The van der Waals surface area contributed by atoms with Crippen molar-refractivity contribution in [3.8, 4) is 0 Å². The molecular weight excluding hydrogens is 300 g/mol. The summed E-state index contributed by atoms with van der Waals surface area (Å²) in [7, 11) is 1.41. The Balaban J connectivity index is 1.77. The molecule has 2 heterocycles. The third-order valence-electron chi connectivity index (χ3n) is 2.83. The van der Waals surface area contributed by atoms with Crippen LogP contribution in [0.3, 0.4) is 0 Å². The lowest BCUT2D eigenvalue weighted by Gasteiger charge is -2.10. The molecule has 0 spiro atoms. The Morgan fingerprint density at radius 1 is 1.53 bits per heavy atom. The van der Waals surface area contributed by atoms with Gasteiger partial charge in [-0.25, -0.2) is 0 Å². The predicted molar refractivity (Wildman–Crippen MR) is 76.8 cm³/mol. The SMILES string of the molecule is COC(=O)[C@@H](Sc1nnc(C2CC2)s1)c1ccsc1. The number of ether oxygens (including phenoxy) is 1. The number of esters is 1. The zero-order valence-electron chi connectivity index (χ0n) is 10.2. The molecule has 0 unspecified atom stereocenters. The lowest BCUT2D eigenvalue weighted by atomic mass is 10.2. The van der Waals surface area contributed by atoms with E-state index in [2.05, 4.69) is 10.2 Å². The number of aromatic nitrogens is 2. The van der Waals surface area contributed by atoms with Crippen molar-refractivity contribution < 1.29 is 9.53 Å². The number of carbonyl (C=O) groups excluding carboxylic acids is 1. The first-order chi connectivity index (χ1) is 9.28. The molecule has 7 heteroatoms. The molecule has 2 aromatic heterocycles. The number of hydrogen-bond acceptors (Lipinski definition) is 7. The van der Waals surface area contributed by atoms with E-state index < -0.39 is 0 Å².